The van der Waals surface area contributed by atoms with Gasteiger partial charge < -0.3 is 11.1 Å². The van der Waals surface area contributed by atoms with Crippen molar-refractivity contribution in [2.24, 2.45) is 11.7 Å². The summed E-state index contributed by atoms with van der Waals surface area (Å²) in [5.74, 6) is -0.628. The Bertz CT molecular complexity index is 398. The first-order chi connectivity index (χ1) is 8.04. The smallest absolute Gasteiger partial charge is 0.227 e. The van der Waals surface area contributed by atoms with Crippen LogP contribution in [0.25, 0.3) is 0 Å². The van der Waals surface area contributed by atoms with Gasteiger partial charge in [-0.2, -0.15) is 0 Å². The normalized spacial score (nSPS) is 12.2. The lowest BCUT2D eigenvalue weighted by Gasteiger charge is -2.12. The molecule has 0 aliphatic carbocycles. The Balaban J connectivity index is 2.64. The van der Waals surface area contributed by atoms with Crippen LogP contribution in [0.15, 0.2) is 22.7 Å². The number of carbonyl (C=O) groups is 1. The van der Waals surface area contributed by atoms with E-state index in [0.29, 0.717) is 16.7 Å². The number of nitrogens with two attached hydrogens (primary N) is 1. The molecular weight excluding hydrogens is 287 g/mol. The van der Waals surface area contributed by atoms with Crippen molar-refractivity contribution in [1.29, 1.82) is 0 Å². The van der Waals surface area contributed by atoms with Gasteiger partial charge in [0.2, 0.25) is 5.91 Å². The van der Waals surface area contributed by atoms with Crippen molar-refractivity contribution in [2.45, 2.75) is 19.8 Å². The molecule has 0 heterocycles. The molecule has 1 rings (SSSR count). The molecule has 0 radical (unpaired) electrons. The Kier molecular flexibility index (Phi) is 5.58. The van der Waals surface area contributed by atoms with Gasteiger partial charge in [-0.3, -0.25) is 4.79 Å². The number of amides is 1. The van der Waals surface area contributed by atoms with Crippen LogP contribution in [0.4, 0.5) is 10.1 Å². The maximum atomic E-state index is 13.0. The average molecular weight is 303 g/mol. The van der Waals surface area contributed by atoms with E-state index in [9.17, 15) is 9.18 Å². The van der Waals surface area contributed by atoms with E-state index in [-0.39, 0.29) is 17.6 Å². The lowest BCUT2D eigenvalue weighted by atomic mass is 10.0. The molecule has 5 heteroatoms. The van der Waals surface area contributed by atoms with Crippen LogP contribution in [-0.2, 0) is 4.79 Å². The fourth-order valence-corrected chi connectivity index (χ4v) is 1.75. The molecule has 1 amide bonds. The monoisotopic (exact) mass is 302 g/mol. The van der Waals surface area contributed by atoms with Gasteiger partial charge in [0.25, 0.3) is 0 Å². The highest BCUT2D eigenvalue weighted by Crippen LogP contribution is 2.23. The molecule has 1 unspecified atom stereocenters. The SMILES string of the molecule is CC(CCCN)C(=O)Nc1cc(F)ccc1Br. The van der Waals surface area contributed by atoms with E-state index < -0.39 is 0 Å². The third-order valence-electron chi connectivity index (χ3n) is 2.48. The van der Waals surface area contributed by atoms with E-state index in [2.05, 4.69) is 21.2 Å². The highest BCUT2D eigenvalue weighted by atomic mass is 79.9. The molecule has 3 N–H and O–H groups in total. The molecule has 0 fully saturated rings. The lowest BCUT2D eigenvalue weighted by molar-refractivity contribution is -0.119. The molecule has 0 spiro atoms. The van der Waals surface area contributed by atoms with Crippen LogP contribution >= 0.6 is 15.9 Å². The molecule has 0 saturated heterocycles. The van der Waals surface area contributed by atoms with Gasteiger partial charge in [0, 0.05) is 10.4 Å². The quantitative estimate of drug-likeness (QED) is 0.879. The predicted octanol–water partition coefficient (Wildman–Crippen LogP) is 2.90. The third-order valence-corrected chi connectivity index (χ3v) is 3.17. The first-order valence-electron chi connectivity index (χ1n) is 5.50. The number of anilines is 1. The molecule has 1 aromatic rings. The van der Waals surface area contributed by atoms with Crippen molar-refractivity contribution in [3.8, 4) is 0 Å². The van der Waals surface area contributed by atoms with Crippen molar-refractivity contribution < 1.29 is 9.18 Å². The van der Waals surface area contributed by atoms with Gasteiger partial charge in [-0.15, -0.1) is 0 Å². The van der Waals surface area contributed by atoms with Crippen molar-refractivity contribution in [2.75, 3.05) is 11.9 Å². The van der Waals surface area contributed by atoms with Crippen LogP contribution in [0.1, 0.15) is 19.8 Å². The number of hydrogen-bond donors (Lipinski definition) is 2. The van der Waals surface area contributed by atoms with Crippen LogP contribution in [0, 0.1) is 11.7 Å². The zero-order chi connectivity index (χ0) is 12.8. The minimum Gasteiger partial charge on any atom is -0.330 e. The molecule has 1 atom stereocenters. The molecule has 0 saturated carbocycles. The number of benzene rings is 1. The minimum absolute atomic E-state index is 0.121. The molecule has 94 valence electrons. The van der Waals surface area contributed by atoms with E-state index in [1.807, 2.05) is 6.92 Å². The Hall–Kier alpha value is -0.940. The summed E-state index contributed by atoms with van der Waals surface area (Å²) >= 11 is 3.26. The van der Waals surface area contributed by atoms with Gasteiger partial charge in [0.15, 0.2) is 0 Å². The van der Waals surface area contributed by atoms with Gasteiger partial charge in [-0.25, -0.2) is 4.39 Å². The number of halogens is 2. The Labute approximate surface area is 109 Å². The van der Waals surface area contributed by atoms with Crippen molar-refractivity contribution in [3.63, 3.8) is 0 Å². The molecule has 0 bridgehead atoms. The number of nitrogens with one attached hydrogen (secondary N) is 1. The zero-order valence-electron chi connectivity index (χ0n) is 9.67. The Morgan fingerprint density at radius 3 is 2.94 bits per heavy atom. The zero-order valence-corrected chi connectivity index (χ0v) is 11.3. The molecule has 0 aliphatic heterocycles. The summed E-state index contributed by atoms with van der Waals surface area (Å²) in [5.41, 5.74) is 5.84. The fourth-order valence-electron chi connectivity index (χ4n) is 1.40. The Morgan fingerprint density at radius 1 is 1.59 bits per heavy atom. The van der Waals surface area contributed by atoms with Gasteiger partial charge in [0.1, 0.15) is 5.82 Å². The molecule has 0 aliphatic rings. The van der Waals surface area contributed by atoms with Crippen molar-refractivity contribution in [3.05, 3.63) is 28.5 Å². The van der Waals surface area contributed by atoms with E-state index in [4.69, 9.17) is 5.73 Å². The second-order valence-electron chi connectivity index (χ2n) is 3.95. The number of hydrogen-bond acceptors (Lipinski definition) is 2. The highest BCUT2D eigenvalue weighted by Gasteiger charge is 2.13. The molecule has 17 heavy (non-hydrogen) atoms. The van der Waals surface area contributed by atoms with Crippen LogP contribution in [0.5, 0.6) is 0 Å². The maximum Gasteiger partial charge on any atom is 0.227 e. The topological polar surface area (TPSA) is 55.1 Å². The largest absolute Gasteiger partial charge is 0.330 e. The van der Waals surface area contributed by atoms with Gasteiger partial charge in [-0.05, 0) is 53.5 Å². The summed E-state index contributed by atoms with van der Waals surface area (Å²) in [6, 6.07) is 4.19. The van der Waals surface area contributed by atoms with Gasteiger partial charge >= 0.3 is 0 Å². The van der Waals surface area contributed by atoms with Gasteiger partial charge in [0.05, 0.1) is 5.69 Å². The van der Waals surface area contributed by atoms with Crippen LogP contribution in [-0.4, -0.2) is 12.5 Å². The standard InChI is InChI=1S/C12H16BrFN2O/c1-8(3-2-6-15)12(17)16-11-7-9(14)4-5-10(11)13/h4-5,7-8H,2-3,6,15H2,1H3,(H,16,17). The summed E-state index contributed by atoms with van der Waals surface area (Å²) in [7, 11) is 0. The predicted molar refractivity (Wildman–Crippen MR) is 70.2 cm³/mol. The first-order valence-corrected chi connectivity index (χ1v) is 6.30. The average Bonchev–Trinajstić information content (AvgIpc) is 2.30. The third kappa shape index (κ3) is 4.44. The summed E-state index contributed by atoms with van der Waals surface area (Å²) in [6.07, 6.45) is 1.54. The number of carbonyl (C=O) groups excluding carboxylic acids is 1. The maximum absolute atomic E-state index is 13.0. The number of rotatable bonds is 5. The van der Waals surface area contributed by atoms with E-state index in [1.165, 1.54) is 12.1 Å². The second kappa shape index (κ2) is 6.71. The Morgan fingerprint density at radius 2 is 2.29 bits per heavy atom. The molecule has 3 nitrogen and oxygen atoms in total. The van der Waals surface area contributed by atoms with Crippen LogP contribution in [0.2, 0.25) is 0 Å². The first kappa shape index (κ1) is 14.1. The fraction of sp³-hybridized carbons (Fsp3) is 0.417. The summed E-state index contributed by atoms with van der Waals surface area (Å²) < 4.78 is 13.7. The van der Waals surface area contributed by atoms with Crippen LogP contribution < -0.4 is 11.1 Å². The lowest BCUT2D eigenvalue weighted by Crippen LogP contribution is -2.21. The molecule has 1 aromatic carbocycles. The van der Waals surface area contributed by atoms with E-state index in [0.717, 1.165) is 12.8 Å². The van der Waals surface area contributed by atoms with E-state index >= 15 is 0 Å². The van der Waals surface area contributed by atoms with Gasteiger partial charge in [-0.1, -0.05) is 6.92 Å². The summed E-state index contributed by atoms with van der Waals surface area (Å²) in [5, 5.41) is 2.69. The van der Waals surface area contributed by atoms with Crippen molar-refractivity contribution >= 4 is 27.5 Å². The summed E-state index contributed by atoms with van der Waals surface area (Å²) in [6.45, 7) is 2.40. The van der Waals surface area contributed by atoms with Crippen LogP contribution in [0.3, 0.4) is 0 Å². The summed E-state index contributed by atoms with van der Waals surface area (Å²) in [4.78, 5) is 11.8. The molecular formula is C12H16BrFN2O. The minimum atomic E-state index is -0.377. The second-order valence-corrected chi connectivity index (χ2v) is 4.80. The molecule has 0 aromatic heterocycles. The van der Waals surface area contributed by atoms with Crippen molar-refractivity contribution in [1.82, 2.24) is 0 Å². The van der Waals surface area contributed by atoms with E-state index in [1.54, 1.807) is 6.07 Å². The highest BCUT2D eigenvalue weighted by molar-refractivity contribution is 9.10.